The van der Waals surface area contributed by atoms with Gasteiger partial charge in [0.05, 0.1) is 16.9 Å². The lowest BCUT2D eigenvalue weighted by Crippen LogP contribution is -2.11. The lowest BCUT2D eigenvalue weighted by molar-refractivity contribution is 0.682. The molecule has 0 aliphatic carbocycles. The summed E-state index contributed by atoms with van der Waals surface area (Å²) in [5.41, 5.74) is 0.714. The molecule has 0 aliphatic heterocycles. The first-order valence-corrected chi connectivity index (χ1v) is 6.96. The minimum Gasteiger partial charge on any atom is -0.353 e. The van der Waals surface area contributed by atoms with Crippen LogP contribution in [0.3, 0.4) is 0 Å². The van der Waals surface area contributed by atoms with E-state index in [1.54, 1.807) is 18.2 Å². The molecule has 0 atom stereocenters. The number of nitrogens with one attached hydrogen (secondary N) is 2. The van der Waals surface area contributed by atoms with Gasteiger partial charge in [-0.3, -0.25) is 0 Å². The molecule has 20 heavy (non-hydrogen) atoms. The standard InChI is InChI=1S/C13H15Cl2N5/c1-8(2)6-16-13-19-12(7-17-20-13)18-11-4-3-9(14)5-10(11)15/h3-5,7-8H,6H2,1-2H3,(H2,16,18,19,20). The molecule has 0 aliphatic rings. The largest absolute Gasteiger partial charge is 0.353 e. The van der Waals surface area contributed by atoms with Gasteiger partial charge < -0.3 is 10.6 Å². The first kappa shape index (κ1) is 14.8. The van der Waals surface area contributed by atoms with Crippen LogP contribution in [-0.2, 0) is 0 Å². The molecule has 0 saturated carbocycles. The van der Waals surface area contributed by atoms with E-state index < -0.39 is 0 Å². The van der Waals surface area contributed by atoms with E-state index in [1.165, 1.54) is 6.20 Å². The molecular weight excluding hydrogens is 297 g/mol. The maximum absolute atomic E-state index is 6.10. The Morgan fingerprint density at radius 3 is 2.75 bits per heavy atom. The van der Waals surface area contributed by atoms with Crippen LogP contribution in [0.4, 0.5) is 17.5 Å². The highest BCUT2D eigenvalue weighted by Gasteiger charge is 2.05. The number of aromatic nitrogens is 3. The third-order valence-corrected chi connectivity index (χ3v) is 2.97. The third-order valence-electron chi connectivity index (χ3n) is 2.42. The Morgan fingerprint density at radius 2 is 2.05 bits per heavy atom. The summed E-state index contributed by atoms with van der Waals surface area (Å²) < 4.78 is 0. The SMILES string of the molecule is CC(C)CNc1nncc(Nc2ccc(Cl)cc2Cl)n1. The van der Waals surface area contributed by atoms with Gasteiger partial charge in [-0.1, -0.05) is 37.0 Å². The molecule has 0 bridgehead atoms. The molecule has 2 aromatic rings. The van der Waals surface area contributed by atoms with E-state index in [-0.39, 0.29) is 0 Å². The van der Waals surface area contributed by atoms with Gasteiger partial charge in [0.1, 0.15) is 0 Å². The number of hydrogen-bond donors (Lipinski definition) is 2. The Balaban J connectivity index is 2.11. The van der Waals surface area contributed by atoms with Gasteiger partial charge in [-0.15, -0.1) is 5.10 Å². The highest BCUT2D eigenvalue weighted by Crippen LogP contribution is 2.27. The summed E-state index contributed by atoms with van der Waals surface area (Å²) in [7, 11) is 0. The van der Waals surface area contributed by atoms with E-state index in [9.17, 15) is 0 Å². The topological polar surface area (TPSA) is 62.7 Å². The summed E-state index contributed by atoms with van der Waals surface area (Å²) in [6.07, 6.45) is 1.53. The minimum absolute atomic E-state index is 0.480. The summed E-state index contributed by atoms with van der Waals surface area (Å²) in [5, 5.41) is 15.1. The van der Waals surface area contributed by atoms with E-state index in [0.29, 0.717) is 33.4 Å². The fourth-order valence-corrected chi connectivity index (χ4v) is 1.92. The molecular formula is C13H15Cl2N5. The van der Waals surface area contributed by atoms with Crippen LogP contribution < -0.4 is 10.6 Å². The normalized spacial score (nSPS) is 10.7. The lowest BCUT2D eigenvalue weighted by Gasteiger charge is -2.10. The number of nitrogens with zero attached hydrogens (tertiary/aromatic N) is 3. The monoisotopic (exact) mass is 311 g/mol. The van der Waals surface area contributed by atoms with E-state index in [4.69, 9.17) is 23.2 Å². The van der Waals surface area contributed by atoms with E-state index in [2.05, 4.69) is 39.7 Å². The summed E-state index contributed by atoms with van der Waals surface area (Å²) in [6, 6.07) is 5.20. The average Bonchev–Trinajstić information content (AvgIpc) is 2.40. The maximum atomic E-state index is 6.10. The van der Waals surface area contributed by atoms with Crippen LogP contribution in [0.5, 0.6) is 0 Å². The first-order chi connectivity index (χ1) is 9.54. The quantitative estimate of drug-likeness (QED) is 0.874. The van der Waals surface area contributed by atoms with Crippen LogP contribution in [0.25, 0.3) is 0 Å². The lowest BCUT2D eigenvalue weighted by atomic mass is 10.2. The number of hydrogen-bond acceptors (Lipinski definition) is 5. The predicted octanol–water partition coefficient (Wildman–Crippen LogP) is 3.99. The molecule has 0 amide bonds. The van der Waals surface area contributed by atoms with Gasteiger partial charge in [-0.2, -0.15) is 10.1 Å². The second kappa shape index (κ2) is 6.72. The van der Waals surface area contributed by atoms with Crippen LogP contribution in [0.1, 0.15) is 13.8 Å². The van der Waals surface area contributed by atoms with Crippen molar-refractivity contribution in [3.8, 4) is 0 Å². The van der Waals surface area contributed by atoms with Crippen LogP contribution in [-0.4, -0.2) is 21.7 Å². The van der Waals surface area contributed by atoms with Crippen molar-refractivity contribution in [2.75, 3.05) is 17.2 Å². The Labute approximate surface area is 127 Å². The van der Waals surface area contributed by atoms with Gasteiger partial charge >= 0.3 is 0 Å². The number of benzene rings is 1. The highest BCUT2D eigenvalue weighted by molar-refractivity contribution is 6.36. The van der Waals surface area contributed by atoms with E-state index in [0.717, 1.165) is 6.54 Å². The number of anilines is 3. The van der Waals surface area contributed by atoms with Gasteiger partial charge in [-0.25, -0.2) is 0 Å². The van der Waals surface area contributed by atoms with E-state index >= 15 is 0 Å². The molecule has 2 N–H and O–H groups in total. The molecule has 1 aromatic carbocycles. The van der Waals surface area contributed by atoms with Crippen LogP contribution >= 0.6 is 23.2 Å². The summed E-state index contributed by atoms with van der Waals surface area (Å²) in [5.74, 6) is 1.55. The van der Waals surface area contributed by atoms with Crippen LogP contribution in [0.2, 0.25) is 10.0 Å². The van der Waals surface area contributed by atoms with Crippen molar-refractivity contribution in [1.82, 2.24) is 15.2 Å². The molecule has 1 aromatic heterocycles. The number of rotatable bonds is 5. The van der Waals surface area contributed by atoms with Crippen LogP contribution in [0.15, 0.2) is 24.4 Å². The van der Waals surface area contributed by atoms with Gasteiger partial charge in [0.2, 0.25) is 5.95 Å². The Morgan fingerprint density at radius 1 is 1.25 bits per heavy atom. The fourth-order valence-electron chi connectivity index (χ4n) is 1.46. The van der Waals surface area contributed by atoms with Crippen molar-refractivity contribution >= 4 is 40.7 Å². The Hall–Kier alpha value is -1.59. The zero-order chi connectivity index (χ0) is 14.5. The molecule has 5 nitrogen and oxygen atoms in total. The van der Waals surface area contributed by atoms with Crippen LogP contribution in [0, 0.1) is 5.92 Å². The van der Waals surface area contributed by atoms with Crippen molar-refractivity contribution in [2.45, 2.75) is 13.8 Å². The number of halogens is 2. The summed E-state index contributed by atoms with van der Waals surface area (Å²) >= 11 is 12.0. The van der Waals surface area contributed by atoms with Gasteiger partial charge in [-0.05, 0) is 24.1 Å². The van der Waals surface area contributed by atoms with Crippen molar-refractivity contribution in [1.29, 1.82) is 0 Å². The first-order valence-electron chi connectivity index (χ1n) is 6.20. The molecule has 2 rings (SSSR count). The molecule has 0 fully saturated rings. The maximum Gasteiger partial charge on any atom is 0.244 e. The highest BCUT2D eigenvalue weighted by atomic mass is 35.5. The predicted molar refractivity (Wildman–Crippen MR) is 82.9 cm³/mol. The second-order valence-corrected chi connectivity index (χ2v) is 5.53. The van der Waals surface area contributed by atoms with Crippen molar-refractivity contribution in [3.63, 3.8) is 0 Å². The van der Waals surface area contributed by atoms with Crippen molar-refractivity contribution < 1.29 is 0 Å². The second-order valence-electron chi connectivity index (χ2n) is 4.69. The van der Waals surface area contributed by atoms with Gasteiger partial charge in [0.25, 0.3) is 0 Å². The smallest absolute Gasteiger partial charge is 0.244 e. The molecule has 7 heteroatoms. The zero-order valence-electron chi connectivity index (χ0n) is 11.2. The Bertz CT molecular complexity index is 589. The van der Waals surface area contributed by atoms with Gasteiger partial charge in [0.15, 0.2) is 5.82 Å². The molecule has 1 heterocycles. The molecule has 0 spiro atoms. The summed E-state index contributed by atoms with van der Waals surface area (Å²) in [4.78, 5) is 4.32. The fraction of sp³-hybridized carbons (Fsp3) is 0.308. The molecule has 0 saturated heterocycles. The molecule has 0 radical (unpaired) electrons. The zero-order valence-corrected chi connectivity index (χ0v) is 12.7. The molecule has 106 valence electrons. The van der Waals surface area contributed by atoms with Gasteiger partial charge in [0, 0.05) is 11.6 Å². The van der Waals surface area contributed by atoms with Crippen molar-refractivity contribution in [2.24, 2.45) is 5.92 Å². The minimum atomic E-state index is 0.480. The third kappa shape index (κ3) is 4.21. The molecule has 0 unspecified atom stereocenters. The van der Waals surface area contributed by atoms with Crippen molar-refractivity contribution in [3.05, 3.63) is 34.4 Å². The Kier molecular flexibility index (Phi) is 4.98. The van der Waals surface area contributed by atoms with E-state index in [1.807, 2.05) is 0 Å². The average molecular weight is 312 g/mol. The summed E-state index contributed by atoms with van der Waals surface area (Å²) in [6.45, 7) is 5.00.